The van der Waals surface area contributed by atoms with Crippen molar-refractivity contribution in [2.24, 2.45) is 0 Å². The Hall–Kier alpha value is -2.71. The fraction of sp³-hybridized carbons (Fsp3) is 0.263. The van der Waals surface area contributed by atoms with E-state index in [-0.39, 0.29) is 24.3 Å². The summed E-state index contributed by atoms with van der Waals surface area (Å²) in [6.45, 7) is 6.03. The number of hydrogen-bond donors (Lipinski definition) is 1. The number of thiophene rings is 1. The highest BCUT2D eigenvalue weighted by molar-refractivity contribution is 7.20. The third-order valence-electron chi connectivity index (χ3n) is 3.85. The number of rotatable bonds is 6. The quantitative estimate of drug-likeness (QED) is 0.585. The number of carbonyl (C=O) groups is 2. The topological polar surface area (TPSA) is 90.4 Å². The average Bonchev–Trinajstić information content (AvgIpc) is 3.01. The van der Waals surface area contributed by atoms with Gasteiger partial charge in [-0.05, 0) is 50.6 Å². The van der Waals surface area contributed by atoms with Crippen molar-refractivity contribution in [3.05, 3.63) is 46.6 Å². The second-order valence-electron chi connectivity index (χ2n) is 5.60. The van der Waals surface area contributed by atoms with Gasteiger partial charge in [-0.2, -0.15) is 0 Å². The van der Waals surface area contributed by atoms with Crippen LogP contribution >= 0.6 is 23.7 Å². The van der Waals surface area contributed by atoms with E-state index in [9.17, 15) is 9.59 Å². The smallest absolute Gasteiger partial charge is 0.348 e. The van der Waals surface area contributed by atoms with E-state index in [0.29, 0.717) is 34.3 Å². The second-order valence-corrected chi connectivity index (χ2v) is 6.60. The number of nitrogens with zero attached hydrogens (tertiary/aromatic N) is 2. The van der Waals surface area contributed by atoms with E-state index in [1.807, 2.05) is 6.92 Å². The summed E-state index contributed by atoms with van der Waals surface area (Å²) in [5, 5.41) is 4.00. The Balaban J connectivity index is 0.00000280. The van der Waals surface area contributed by atoms with Crippen LogP contribution in [0, 0.1) is 6.92 Å². The molecular formula is C19H20ClN3O4S. The normalized spacial score (nSPS) is 10.2. The Labute approximate surface area is 172 Å². The number of halogens is 1. The van der Waals surface area contributed by atoms with Gasteiger partial charge in [0.2, 0.25) is 0 Å². The number of benzene rings is 1. The molecule has 0 bridgehead atoms. The molecule has 0 unspecified atom stereocenters. The lowest BCUT2D eigenvalue weighted by molar-refractivity contribution is 0.0519. The van der Waals surface area contributed by atoms with E-state index in [1.165, 1.54) is 17.7 Å². The lowest BCUT2D eigenvalue weighted by Gasteiger charge is -2.08. The molecule has 28 heavy (non-hydrogen) atoms. The number of aryl methyl sites for hydroxylation is 1. The molecule has 0 atom stereocenters. The highest BCUT2D eigenvalue weighted by Gasteiger charge is 2.20. The van der Waals surface area contributed by atoms with Crippen molar-refractivity contribution in [3.8, 4) is 0 Å². The van der Waals surface area contributed by atoms with Crippen LogP contribution < -0.4 is 5.32 Å². The van der Waals surface area contributed by atoms with Crippen molar-refractivity contribution in [2.75, 3.05) is 18.5 Å². The van der Waals surface area contributed by atoms with Gasteiger partial charge in [-0.25, -0.2) is 19.6 Å². The summed E-state index contributed by atoms with van der Waals surface area (Å²) >= 11 is 1.28. The molecule has 0 fully saturated rings. The zero-order valence-electron chi connectivity index (χ0n) is 15.6. The lowest BCUT2D eigenvalue weighted by atomic mass is 10.2. The molecule has 2 aromatic heterocycles. The number of ether oxygens (including phenoxy) is 2. The molecule has 0 saturated heterocycles. The lowest BCUT2D eigenvalue weighted by Crippen LogP contribution is -2.04. The molecule has 0 amide bonds. The van der Waals surface area contributed by atoms with Crippen LogP contribution in [0.3, 0.4) is 0 Å². The number of aromatic nitrogens is 2. The highest BCUT2D eigenvalue weighted by Crippen LogP contribution is 2.34. The number of esters is 2. The Morgan fingerprint density at radius 1 is 1.04 bits per heavy atom. The molecular weight excluding hydrogens is 402 g/mol. The van der Waals surface area contributed by atoms with Crippen LogP contribution in [-0.2, 0) is 9.47 Å². The van der Waals surface area contributed by atoms with Crippen LogP contribution in [0.5, 0.6) is 0 Å². The molecule has 0 aliphatic carbocycles. The van der Waals surface area contributed by atoms with Gasteiger partial charge < -0.3 is 14.8 Å². The fourth-order valence-corrected chi connectivity index (χ4v) is 3.64. The number of carbonyl (C=O) groups excluding carboxylic acids is 2. The molecule has 9 heteroatoms. The van der Waals surface area contributed by atoms with E-state index in [4.69, 9.17) is 9.47 Å². The summed E-state index contributed by atoms with van der Waals surface area (Å²) < 4.78 is 10.1. The number of nitrogens with one attached hydrogen (secondary N) is 1. The van der Waals surface area contributed by atoms with Gasteiger partial charge in [0.15, 0.2) is 0 Å². The van der Waals surface area contributed by atoms with Crippen molar-refractivity contribution in [2.45, 2.75) is 20.8 Å². The predicted octanol–water partition coefficient (Wildman–Crippen LogP) is 4.52. The minimum Gasteiger partial charge on any atom is -0.462 e. The van der Waals surface area contributed by atoms with E-state index >= 15 is 0 Å². The molecule has 0 spiro atoms. The molecule has 0 aliphatic rings. The summed E-state index contributed by atoms with van der Waals surface area (Å²) in [7, 11) is 0. The van der Waals surface area contributed by atoms with Crippen LogP contribution in [-0.4, -0.2) is 35.1 Å². The summed E-state index contributed by atoms with van der Waals surface area (Å²) in [6.07, 6.45) is 1.45. The summed E-state index contributed by atoms with van der Waals surface area (Å²) in [6, 6.07) is 6.91. The predicted molar refractivity (Wildman–Crippen MR) is 111 cm³/mol. The van der Waals surface area contributed by atoms with Gasteiger partial charge in [-0.1, -0.05) is 0 Å². The summed E-state index contributed by atoms with van der Waals surface area (Å²) in [5.41, 5.74) is 2.01. The molecule has 0 aliphatic heterocycles. The first-order valence-electron chi connectivity index (χ1n) is 8.50. The van der Waals surface area contributed by atoms with E-state index in [2.05, 4.69) is 15.3 Å². The number of hydrogen-bond acceptors (Lipinski definition) is 8. The Kier molecular flexibility index (Phi) is 7.31. The van der Waals surface area contributed by atoms with E-state index in [1.54, 1.807) is 38.1 Å². The van der Waals surface area contributed by atoms with Crippen molar-refractivity contribution >= 4 is 57.4 Å². The molecule has 2 heterocycles. The van der Waals surface area contributed by atoms with Crippen LogP contribution in [0.1, 0.15) is 39.4 Å². The number of anilines is 2. The molecule has 1 N–H and O–H groups in total. The molecule has 0 saturated carbocycles. The maximum atomic E-state index is 12.1. The van der Waals surface area contributed by atoms with Gasteiger partial charge in [-0.15, -0.1) is 23.7 Å². The monoisotopic (exact) mass is 421 g/mol. The van der Waals surface area contributed by atoms with Crippen LogP contribution in [0.4, 0.5) is 11.5 Å². The molecule has 1 aromatic carbocycles. The van der Waals surface area contributed by atoms with Crippen LogP contribution in [0.2, 0.25) is 0 Å². The molecule has 148 valence electrons. The average molecular weight is 422 g/mol. The minimum atomic E-state index is -0.360. The van der Waals surface area contributed by atoms with Gasteiger partial charge in [0, 0.05) is 5.69 Å². The van der Waals surface area contributed by atoms with Gasteiger partial charge >= 0.3 is 11.9 Å². The first kappa shape index (κ1) is 21.6. The van der Waals surface area contributed by atoms with Crippen LogP contribution in [0.15, 0.2) is 30.6 Å². The van der Waals surface area contributed by atoms with Crippen molar-refractivity contribution in [1.82, 2.24) is 9.97 Å². The maximum absolute atomic E-state index is 12.1. The molecule has 3 aromatic rings. The van der Waals surface area contributed by atoms with Gasteiger partial charge in [0.25, 0.3) is 0 Å². The maximum Gasteiger partial charge on any atom is 0.348 e. The SMILES string of the molecule is CCOC(=O)c1ccc(Nc2ncnc3sc(C(=O)OCC)c(C)c23)cc1.Cl. The third kappa shape index (κ3) is 4.40. The second kappa shape index (κ2) is 9.48. The Morgan fingerprint density at radius 2 is 1.68 bits per heavy atom. The van der Waals surface area contributed by atoms with Gasteiger partial charge in [0.1, 0.15) is 21.9 Å². The van der Waals surface area contributed by atoms with Crippen molar-refractivity contribution < 1.29 is 19.1 Å². The zero-order chi connectivity index (χ0) is 19.4. The fourth-order valence-electron chi connectivity index (χ4n) is 2.60. The standard InChI is InChI=1S/C19H19N3O4S.ClH/c1-4-25-18(23)12-6-8-13(9-7-12)22-16-14-11(3)15(19(24)26-5-2)27-17(14)21-10-20-16;/h6-10H,4-5H2,1-3H3,(H,20,21,22);1H. The van der Waals surface area contributed by atoms with Gasteiger partial charge in [-0.3, -0.25) is 0 Å². The Bertz CT molecular complexity index is 989. The highest BCUT2D eigenvalue weighted by atomic mass is 35.5. The third-order valence-corrected chi connectivity index (χ3v) is 5.03. The summed E-state index contributed by atoms with van der Waals surface area (Å²) in [4.78, 5) is 33.7. The van der Waals surface area contributed by atoms with Crippen molar-refractivity contribution in [3.63, 3.8) is 0 Å². The van der Waals surface area contributed by atoms with E-state index < -0.39 is 0 Å². The van der Waals surface area contributed by atoms with Gasteiger partial charge in [0.05, 0.1) is 24.2 Å². The minimum absolute atomic E-state index is 0. The molecule has 7 nitrogen and oxygen atoms in total. The van der Waals surface area contributed by atoms with Crippen LogP contribution in [0.25, 0.3) is 10.2 Å². The number of fused-ring (bicyclic) bond motifs is 1. The largest absolute Gasteiger partial charge is 0.462 e. The summed E-state index contributed by atoms with van der Waals surface area (Å²) in [5.74, 6) is -0.128. The van der Waals surface area contributed by atoms with Crippen molar-refractivity contribution in [1.29, 1.82) is 0 Å². The zero-order valence-corrected chi connectivity index (χ0v) is 17.3. The first-order valence-corrected chi connectivity index (χ1v) is 9.32. The molecule has 0 radical (unpaired) electrons. The molecule has 3 rings (SSSR count). The van der Waals surface area contributed by atoms with E-state index in [0.717, 1.165) is 16.6 Å². The first-order chi connectivity index (χ1) is 13.0. The Morgan fingerprint density at radius 3 is 2.32 bits per heavy atom.